The molecule has 0 heterocycles. The lowest BCUT2D eigenvalue weighted by atomic mass is 9.85. The second kappa shape index (κ2) is 15.4. The molecule has 0 unspecified atom stereocenters. The van der Waals surface area contributed by atoms with Crippen LogP contribution in [0.1, 0.15) is 74.9 Å². The van der Waals surface area contributed by atoms with Crippen molar-refractivity contribution < 1.29 is 23.5 Å². The third-order valence-corrected chi connectivity index (χ3v) is 9.36. The summed E-state index contributed by atoms with van der Waals surface area (Å²) in [6.45, 7) is 18.7. The molecule has 5 nitrogen and oxygen atoms in total. The predicted molar refractivity (Wildman–Crippen MR) is 186 cm³/mol. The number of hydrogen-bond acceptors (Lipinski definition) is 5. The molecule has 0 aliphatic heterocycles. The van der Waals surface area contributed by atoms with Gasteiger partial charge in [0, 0.05) is 28.8 Å². The highest BCUT2D eigenvalue weighted by atomic mass is 31.1. The topological polar surface area (TPSA) is 46.2 Å². The van der Waals surface area contributed by atoms with Crippen molar-refractivity contribution in [1.82, 2.24) is 0 Å². The molecule has 0 atom stereocenters. The normalized spacial score (nSPS) is 12.0. The lowest BCUT2D eigenvalue weighted by molar-refractivity contribution is 0.00468. The maximum absolute atomic E-state index is 6.54. The van der Waals surface area contributed by atoms with Gasteiger partial charge in [0.1, 0.15) is 11.5 Å². The van der Waals surface area contributed by atoms with Gasteiger partial charge in [0.25, 0.3) is 0 Å². The highest BCUT2D eigenvalue weighted by molar-refractivity contribution is 7.69. The fraction of sp³-hybridized carbons (Fsp3) is 0.385. The molecule has 4 aromatic carbocycles. The Morgan fingerprint density at radius 3 is 1.27 bits per heavy atom. The van der Waals surface area contributed by atoms with E-state index in [2.05, 4.69) is 104 Å². The summed E-state index contributed by atoms with van der Waals surface area (Å²) in [5, 5.41) is 2.00. The molecule has 0 aliphatic rings. The molecule has 0 amide bonds. The monoisotopic (exact) mass is 628 g/mol. The van der Waals surface area contributed by atoms with Crippen molar-refractivity contribution >= 4 is 18.8 Å². The van der Waals surface area contributed by atoms with Gasteiger partial charge in [-0.3, -0.25) is 0 Å². The van der Waals surface area contributed by atoms with Crippen LogP contribution in [0.4, 0.5) is 0 Å². The minimum absolute atomic E-state index is 0.124. The number of rotatable bonds is 13. The minimum atomic E-state index is -1.34. The van der Waals surface area contributed by atoms with E-state index in [1.165, 1.54) is 0 Å². The number of ether oxygens (including phenoxy) is 4. The lowest BCUT2D eigenvalue weighted by Crippen LogP contribution is -2.26. The summed E-state index contributed by atoms with van der Waals surface area (Å²) in [4.78, 5) is 0. The molecule has 0 fully saturated rings. The van der Waals surface area contributed by atoms with Gasteiger partial charge in [-0.05, 0) is 59.1 Å². The molecule has 4 rings (SSSR count). The van der Waals surface area contributed by atoms with Gasteiger partial charge >= 0.3 is 0 Å². The summed E-state index contributed by atoms with van der Waals surface area (Å²) in [5.41, 5.74) is 6.39. The first kappa shape index (κ1) is 34.7. The van der Waals surface area contributed by atoms with Crippen LogP contribution in [-0.4, -0.2) is 20.7 Å². The highest BCUT2D eigenvalue weighted by Crippen LogP contribution is 2.46. The van der Waals surface area contributed by atoms with Crippen molar-refractivity contribution in [3.8, 4) is 11.5 Å². The van der Waals surface area contributed by atoms with Crippen LogP contribution in [0.3, 0.4) is 0 Å². The van der Waals surface area contributed by atoms with Crippen molar-refractivity contribution in [2.45, 2.75) is 79.4 Å². The summed E-state index contributed by atoms with van der Waals surface area (Å²) in [5.74, 6) is 1.61. The quantitative estimate of drug-likeness (QED) is 0.0840. The molecule has 0 spiro atoms. The van der Waals surface area contributed by atoms with Gasteiger partial charge in [-0.2, -0.15) is 0 Å². The molecule has 240 valence electrons. The molecular formula is C39H49O5P. The van der Waals surface area contributed by atoms with Crippen LogP contribution in [0, 0.1) is 13.8 Å². The van der Waals surface area contributed by atoms with Crippen LogP contribution >= 0.6 is 8.15 Å². The van der Waals surface area contributed by atoms with Crippen LogP contribution in [0.2, 0.25) is 0 Å². The zero-order chi connectivity index (χ0) is 32.6. The van der Waals surface area contributed by atoms with E-state index >= 15 is 0 Å². The summed E-state index contributed by atoms with van der Waals surface area (Å²) < 4.78 is 31.5. The molecule has 45 heavy (non-hydrogen) atoms. The first-order valence-electron chi connectivity index (χ1n) is 15.5. The summed E-state index contributed by atoms with van der Waals surface area (Å²) in [6, 6.07) is 29.1. The van der Waals surface area contributed by atoms with Gasteiger partial charge in [-0.15, -0.1) is 0 Å². The first-order valence-corrected chi connectivity index (χ1v) is 16.8. The minimum Gasteiger partial charge on any atom is -0.466 e. The van der Waals surface area contributed by atoms with Crippen molar-refractivity contribution in [3.05, 3.63) is 118 Å². The maximum Gasteiger partial charge on any atom is 0.189 e. The Kier molecular flexibility index (Phi) is 11.8. The van der Waals surface area contributed by atoms with Gasteiger partial charge < -0.3 is 23.5 Å². The number of benzene rings is 4. The summed E-state index contributed by atoms with van der Waals surface area (Å²) >= 11 is 0. The number of aryl methyl sites for hydroxylation is 2. The average molecular weight is 629 g/mol. The van der Waals surface area contributed by atoms with Gasteiger partial charge in [-0.25, -0.2) is 0 Å². The Morgan fingerprint density at radius 2 is 0.933 bits per heavy atom. The van der Waals surface area contributed by atoms with Crippen molar-refractivity contribution in [3.63, 3.8) is 0 Å². The van der Waals surface area contributed by atoms with E-state index in [1.807, 2.05) is 36.4 Å². The molecule has 4 aromatic rings. The van der Waals surface area contributed by atoms with E-state index in [0.29, 0.717) is 13.2 Å². The van der Waals surface area contributed by atoms with Crippen LogP contribution in [0.25, 0.3) is 0 Å². The average Bonchev–Trinajstić information content (AvgIpc) is 2.99. The summed E-state index contributed by atoms with van der Waals surface area (Å²) in [7, 11) is 0.433. The van der Waals surface area contributed by atoms with E-state index in [0.717, 1.165) is 55.5 Å². The maximum atomic E-state index is 6.54. The van der Waals surface area contributed by atoms with Gasteiger partial charge in [0.15, 0.2) is 13.6 Å². The Hall–Kier alpha value is -3.21. The molecular weight excluding hydrogens is 579 g/mol. The first-order chi connectivity index (χ1) is 21.4. The van der Waals surface area contributed by atoms with E-state index in [-0.39, 0.29) is 24.4 Å². The molecule has 0 saturated heterocycles. The second-order valence-corrected chi connectivity index (χ2v) is 15.4. The third-order valence-electron chi connectivity index (χ3n) is 7.46. The SMILES string of the molecule is COP(c1cc(C)cc(C(C)(C)C)c1OCOCc1ccccc1)c1cc(C)cc(C(C)(C)C)c1OCOCc1ccccc1. The Bertz CT molecular complexity index is 1410. The Balaban J connectivity index is 1.73. The van der Waals surface area contributed by atoms with Gasteiger partial charge in [-0.1, -0.05) is 114 Å². The molecule has 0 saturated carbocycles. The Morgan fingerprint density at radius 1 is 0.556 bits per heavy atom. The lowest BCUT2D eigenvalue weighted by Gasteiger charge is -2.30. The predicted octanol–water partition coefficient (Wildman–Crippen LogP) is 9.00. The van der Waals surface area contributed by atoms with Gasteiger partial charge in [0.05, 0.1) is 21.4 Å². The zero-order valence-electron chi connectivity index (χ0n) is 28.4. The van der Waals surface area contributed by atoms with E-state index in [4.69, 9.17) is 23.5 Å². The molecule has 6 heteroatoms. The van der Waals surface area contributed by atoms with Crippen LogP contribution in [0.15, 0.2) is 84.9 Å². The van der Waals surface area contributed by atoms with Gasteiger partial charge in [0.2, 0.25) is 0 Å². The van der Waals surface area contributed by atoms with E-state index in [1.54, 1.807) is 7.11 Å². The van der Waals surface area contributed by atoms with Crippen LogP contribution < -0.4 is 20.1 Å². The highest BCUT2D eigenvalue weighted by Gasteiger charge is 2.32. The molecule has 0 aliphatic carbocycles. The molecule has 0 radical (unpaired) electrons. The fourth-order valence-corrected chi connectivity index (χ4v) is 7.26. The molecule has 0 bridgehead atoms. The smallest absolute Gasteiger partial charge is 0.189 e. The molecule has 0 aromatic heterocycles. The standard InChI is InChI=1S/C39H49O5P/c1-28-20-32(38(3,4)5)36(43-26-41-24-30-16-12-10-13-17-30)34(22-28)45(40-9)35-23-29(2)21-33(39(6,7)8)37(35)44-27-42-25-31-18-14-11-15-19-31/h10-23H,24-27H2,1-9H3. The third kappa shape index (κ3) is 9.40. The Labute approximate surface area is 271 Å². The van der Waals surface area contributed by atoms with Crippen LogP contribution in [-0.2, 0) is 38.0 Å². The molecule has 0 N–H and O–H groups in total. The van der Waals surface area contributed by atoms with Crippen molar-refractivity contribution in [1.29, 1.82) is 0 Å². The number of hydrogen-bond donors (Lipinski definition) is 0. The van der Waals surface area contributed by atoms with E-state index < -0.39 is 8.15 Å². The fourth-order valence-electron chi connectivity index (χ4n) is 5.22. The largest absolute Gasteiger partial charge is 0.466 e. The zero-order valence-corrected chi connectivity index (χ0v) is 29.3. The van der Waals surface area contributed by atoms with E-state index in [9.17, 15) is 0 Å². The van der Waals surface area contributed by atoms with Crippen molar-refractivity contribution in [2.75, 3.05) is 20.7 Å². The second-order valence-electron chi connectivity index (χ2n) is 13.5. The summed E-state index contributed by atoms with van der Waals surface area (Å²) in [6.07, 6.45) is 0. The van der Waals surface area contributed by atoms with Crippen LogP contribution in [0.5, 0.6) is 11.5 Å². The van der Waals surface area contributed by atoms with Crippen molar-refractivity contribution in [2.24, 2.45) is 0 Å².